The number of benzene rings is 2. The molecule has 0 aliphatic heterocycles. The third-order valence-corrected chi connectivity index (χ3v) is 3.21. The highest BCUT2D eigenvalue weighted by atomic mass is 14.9. The van der Waals surface area contributed by atoms with Gasteiger partial charge < -0.3 is 0 Å². The molecule has 0 unspecified atom stereocenters. The predicted molar refractivity (Wildman–Crippen MR) is 77.6 cm³/mol. The zero-order valence-electron chi connectivity index (χ0n) is 10.7. The lowest BCUT2D eigenvalue weighted by atomic mass is 10.1. The molecule has 0 saturated carbocycles. The van der Waals surface area contributed by atoms with Crippen LogP contribution in [0.25, 0.3) is 11.1 Å². The van der Waals surface area contributed by atoms with Crippen LogP contribution in [-0.2, 0) is 6.54 Å². The molecule has 19 heavy (non-hydrogen) atoms. The summed E-state index contributed by atoms with van der Waals surface area (Å²) in [5.41, 5.74) is 3.83. The van der Waals surface area contributed by atoms with Crippen molar-refractivity contribution >= 4 is 0 Å². The fourth-order valence-corrected chi connectivity index (χ4v) is 2.18. The third kappa shape index (κ3) is 2.89. The van der Waals surface area contributed by atoms with E-state index in [9.17, 15) is 0 Å². The van der Waals surface area contributed by atoms with Crippen LogP contribution in [0.1, 0.15) is 5.56 Å². The van der Waals surface area contributed by atoms with E-state index in [0.717, 1.165) is 6.54 Å². The van der Waals surface area contributed by atoms with Gasteiger partial charge in [-0.1, -0.05) is 60.7 Å². The quantitative estimate of drug-likeness (QED) is 0.621. The first-order valence-corrected chi connectivity index (χ1v) is 6.50. The summed E-state index contributed by atoms with van der Waals surface area (Å²) in [5.74, 6) is 0. The minimum absolute atomic E-state index is 0.913. The van der Waals surface area contributed by atoms with Gasteiger partial charge in [0.15, 0.2) is 18.9 Å². The third-order valence-electron chi connectivity index (χ3n) is 3.21. The SMILES string of the molecule is c1ccc(C[n+]2ccc(-c3ccccc3)cc2)cc1. The van der Waals surface area contributed by atoms with E-state index in [1.807, 2.05) is 12.1 Å². The largest absolute Gasteiger partial charge is 0.201 e. The van der Waals surface area contributed by atoms with Crippen molar-refractivity contribution in [3.05, 3.63) is 90.8 Å². The average Bonchev–Trinajstić information content (AvgIpc) is 2.50. The fourth-order valence-electron chi connectivity index (χ4n) is 2.18. The highest BCUT2D eigenvalue weighted by Crippen LogP contribution is 2.16. The van der Waals surface area contributed by atoms with Crippen LogP contribution in [0.5, 0.6) is 0 Å². The van der Waals surface area contributed by atoms with Crippen LogP contribution in [0.2, 0.25) is 0 Å². The van der Waals surface area contributed by atoms with E-state index in [1.54, 1.807) is 0 Å². The summed E-state index contributed by atoms with van der Waals surface area (Å²) in [5, 5.41) is 0. The Kier molecular flexibility index (Phi) is 3.37. The minimum Gasteiger partial charge on any atom is -0.201 e. The summed E-state index contributed by atoms with van der Waals surface area (Å²) >= 11 is 0. The molecule has 0 radical (unpaired) electrons. The van der Waals surface area contributed by atoms with Gasteiger partial charge >= 0.3 is 0 Å². The Morgan fingerprint density at radius 3 is 1.74 bits per heavy atom. The molecule has 3 aromatic rings. The summed E-state index contributed by atoms with van der Waals surface area (Å²) in [7, 11) is 0. The van der Waals surface area contributed by atoms with Gasteiger partial charge in [-0.3, -0.25) is 0 Å². The van der Waals surface area contributed by atoms with Crippen molar-refractivity contribution in [2.45, 2.75) is 6.54 Å². The molecule has 1 heterocycles. The molecular formula is C18H16N+. The summed E-state index contributed by atoms with van der Waals surface area (Å²) < 4.78 is 2.20. The molecule has 1 nitrogen and oxygen atoms in total. The van der Waals surface area contributed by atoms with Crippen LogP contribution >= 0.6 is 0 Å². The Balaban J connectivity index is 1.80. The zero-order valence-corrected chi connectivity index (χ0v) is 10.7. The van der Waals surface area contributed by atoms with E-state index in [0.29, 0.717) is 0 Å². The Labute approximate surface area is 113 Å². The lowest BCUT2D eigenvalue weighted by Gasteiger charge is -2.01. The van der Waals surface area contributed by atoms with Crippen molar-refractivity contribution in [1.82, 2.24) is 0 Å². The molecule has 3 rings (SSSR count). The maximum atomic E-state index is 2.20. The van der Waals surface area contributed by atoms with Crippen molar-refractivity contribution in [1.29, 1.82) is 0 Å². The summed E-state index contributed by atoms with van der Waals surface area (Å²) in [6, 6.07) is 25.3. The van der Waals surface area contributed by atoms with E-state index in [2.05, 4.69) is 77.6 Å². The molecule has 2 aromatic carbocycles. The second kappa shape index (κ2) is 5.49. The number of hydrogen-bond acceptors (Lipinski definition) is 0. The molecular weight excluding hydrogens is 230 g/mol. The molecule has 0 bridgehead atoms. The van der Waals surface area contributed by atoms with Gasteiger partial charge in [0, 0.05) is 17.7 Å². The molecule has 0 amide bonds. The standard InChI is InChI=1S/C18H16N/c1-3-7-16(8-4-1)15-19-13-11-18(12-14-19)17-9-5-2-6-10-17/h1-14H,15H2/q+1. The highest BCUT2D eigenvalue weighted by molar-refractivity contribution is 5.61. The number of hydrogen-bond donors (Lipinski definition) is 0. The van der Waals surface area contributed by atoms with Crippen LogP contribution in [-0.4, -0.2) is 0 Å². The van der Waals surface area contributed by atoms with Gasteiger partial charge in [0.25, 0.3) is 0 Å². The molecule has 0 saturated heterocycles. The molecule has 1 heteroatoms. The Bertz CT molecular complexity index is 628. The lowest BCUT2D eigenvalue weighted by Crippen LogP contribution is -2.32. The molecule has 0 atom stereocenters. The fraction of sp³-hybridized carbons (Fsp3) is 0.0556. The first-order valence-electron chi connectivity index (χ1n) is 6.50. The van der Waals surface area contributed by atoms with Gasteiger partial charge in [0.1, 0.15) is 0 Å². The van der Waals surface area contributed by atoms with Gasteiger partial charge in [-0.2, -0.15) is 0 Å². The smallest absolute Gasteiger partial charge is 0.173 e. The van der Waals surface area contributed by atoms with Crippen molar-refractivity contribution < 1.29 is 4.57 Å². The average molecular weight is 246 g/mol. The van der Waals surface area contributed by atoms with E-state index < -0.39 is 0 Å². The van der Waals surface area contributed by atoms with Crippen molar-refractivity contribution in [3.63, 3.8) is 0 Å². The first kappa shape index (κ1) is 11.7. The number of pyridine rings is 1. The zero-order chi connectivity index (χ0) is 12.9. The molecule has 0 spiro atoms. The lowest BCUT2D eigenvalue weighted by molar-refractivity contribution is -0.688. The first-order chi connectivity index (χ1) is 9.42. The molecule has 0 aliphatic carbocycles. The van der Waals surface area contributed by atoms with Crippen LogP contribution in [0.15, 0.2) is 85.2 Å². The monoisotopic (exact) mass is 246 g/mol. The van der Waals surface area contributed by atoms with Crippen LogP contribution in [0.3, 0.4) is 0 Å². The van der Waals surface area contributed by atoms with Crippen molar-refractivity contribution in [2.75, 3.05) is 0 Å². The molecule has 0 fully saturated rings. The normalized spacial score (nSPS) is 10.3. The van der Waals surface area contributed by atoms with Crippen molar-refractivity contribution in [3.8, 4) is 11.1 Å². The second-order valence-electron chi connectivity index (χ2n) is 4.61. The topological polar surface area (TPSA) is 3.88 Å². The number of aromatic nitrogens is 1. The van der Waals surface area contributed by atoms with Crippen LogP contribution in [0.4, 0.5) is 0 Å². The van der Waals surface area contributed by atoms with Gasteiger partial charge in [-0.05, 0) is 11.1 Å². The highest BCUT2D eigenvalue weighted by Gasteiger charge is 2.03. The van der Waals surface area contributed by atoms with Crippen molar-refractivity contribution in [2.24, 2.45) is 0 Å². The van der Waals surface area contributed by atoms with Crippen LogP contribution in [0, 0.1) is 0 Å². The number of nitrogens with zero attached hydrogens (tertiary/aromatic N) is 1. The van der Waals surface area contributed by atoms with E-state index >= 15 is 0 Å². The maximum absolute atomic E-state index is 2.20. The molecule has 0 aliphatic rings. The summed E-state index contributed by atoms with van der Waals surface area (Å²) in [6.45, 7) is 0.913. The molecule has 92 valence electrons. The Hall–Kier alpha value is -2.41. The van der Waals surface area contributed by atoms with E-state index in [1.165, 1.54) is 16.7 Å². The Morgan fingerprint density at radius 1 is 0.579 bits per heavy atom. The summed E-state index contributed by atoms with van der Waals surface area (Å²) in [4.78, 5) is 0. The van der Waals surface area contributed by atoms with E-state index in [-0.39, 0.29) is 0 Å². The van der Waals surface area contributed by atoms with Gasteiger partial charge in [0.2, 0.25) is 0 Å². The molecule has 1 aromatic heterocycles. The van der Waals surface area contributed by atoms with Gasteiger partial charge in [-0.25, -0.2) is 4.57 Å². The van der Waals surface area contributed by atoms with E-state index in [4.69, 9.17) is 0 Å². The van der Waals surface area contributed by atoms with Crippen LogP contribution < -0.4 is 4.57 Å². The minimum atomic E-state index is 0.913. The molecule has 0 N–H and O–H groups in total. The Morgan fingerprint density at radius 2 is 1.11 bits per heavy atom. The maximum Gasteiger partial charge on any atom is 0.173 e. The van der Waals surface area contributed by atoms with Gasteiger partial charge in [-0.15, -0.1) is 0 Å². The summed E-state index contributed by atoms with van der Waals surface area (Å²) in [6.07, 6.45) is 4.27. The predicted octanol–water partition coefficient (Wildman–Crippen LogP) is 3.69. The second-order valence-corrected chi connectivity index (χ2v) is 4.61. The number of rotatable bonds is 3. The van der Waals surface area contributed by atoms with Gasteiger partial charge in [0.05, 0.1) is 0 Å².